The standard InChI is InChI=1S/C10H14O2/c1-7-5-10(2)6-9(11)8(7)3-4-12-10/h3-4,7-8H,5-6H2,1-2H3/t7-,8-,10+/m0/s1. The van der Waals surface area contributed by atoms with E-state index >= 15 is 0 Å². The predicted octanol–water partition coefficient (Wildman–Crippen LogP) is 1.90. The molecule has 3 atom stereocenters. The Kier molecular flexibility index (Phi) is 1.53. The minimum Gasteiger partial charge on any atom is -0.495 e. The van der Waals surface area contributed by atoms with Crippen LogP contribution in [0, 0.1) is 11.8 Å². The number of hydrogen-bond acceptors (Lipinski definition) is 2. The number of carbonyl (C=O) groups is 1. The first-order valence-electron chi connectivity index (χ1n) is 4.48. The van der Waals surface area contributed by atoms with Gasteiger partial charge in [-0.3, -0.25) is 4.79 Å². The number of carbonyl (C=O) groups excluding carboxylic acids is 1. The summed E-state index contributed by atoms with van der Waals surface area (Å²) >= 11 is 0. The molecule has 3 aliphatic rings. The lowest BCUT2D eigenvalue weighted by Crippen LogP contribution is -2.40. The summed E-state index contributed by atoms with van der Waals surface area (Å²) in [4.78, 5) is 11.6. The van der Waals surface area contributed by atoms with Gasteiger partial charge in [-0.05, 0) is 25.3 Å². The van der Waals surface area contributed by atoms with Crippen molar-refractivity contribution in [3.63, 3.8) is 0 Å². The monoisotopic (exact) mass is 166 g/mol. The van der Waals surface area contributed by atoms with Gasteiger partial charge in [0, 0.05) is 12.3 Å². The molecule has 0 aromatic rings. The summed E-state index contributed by atoms with van der Waals surface area (Å²) in [5.41, 5.74) is -0.222. The van der Waals surface area contributed by atoms with Crippen molar-refractivity contribution in [2.24, 2.45) is 11.8 Å². The molecule has 2 heteroatoms. The molecular weight excluding hydrogens is 152 g/mol. The molecule has 66 valence electrons. The third-order valence-electron chi connectivity index (χ3n) is 2.93. The van der Waals surface area contributed by atoms with E-state index in [1.54, 1.807) is 6.26 Å². The maximum Gasteiger partial charge on any atom is 0.144 e. The quantitative estimate of drug-likeness (QED) is 0.549. The maximum absolute atomic E-state index is 11.6. The van der Waals surface area contributed by atoms with E-state index in [2.05, 4.69) is 6.92 Å². The number of rotatable bonds is 0. The van der Waals surface area contributed by atoms with Gasteiger partial charge in [0.2, 0.25) is 0 Å². The van der Waals surface area contributed by atoms with E-state index in [0.717, 1.165) is 6.42 Å². The average molecular weight is 166 g/mol. The number of fused-ring (bicyclic) bond motifs is 3. The Morgan fingerprint density at radius 2 is 2.42 bits per heavy atom. The van der Waals surface area contributed by atoms with Gasteiger partial charge in [0.15, 0.2) is 0 Å². The second kappa shape index (κ2) is 2.35. The van der Waals surface area contributed by atoms with E-state index in [-0.39, 0.29) is 11.5 Å². The molecule has 0 radical (unpaired) electrons. The molecule has 0 spiro atoms. The zero-order chi connectivity index (χ0) is 8.77. The molecule has 0 unspecified atom stereocenters. The van der Waals surface area contributed by atoms with Crippen LogP contribution in [-0.4, -0.2) is 11.4 Å². The highest BCUT2D eigenvalue weighted by Crippen LogP contribution is 2.39. The van der Waals surface area contributed by atoms with E-state index in [1.807, 2.05) is 13.0 Å². The number of allylic oxidation sites excluding steroid dienone is 1. The lowest BCUT2D eigenvalue weighted by molar-refractivity contribution is -0.131. The predicted molar refractivity (Wildman–Crippen MR) is 45.5 cm³/mol. The minimum atomic E-state index is -0.222. The maximum atomic E-state index is 11.6. The van der Waals surface area contributed by atoms with Gasteiger partial charge in [0.1, 0.15) is 11.4 Å². The molecule has 1 saturated carbocycles. The van der Waals surface area contributed by atoms with Crippen LogP contribution in [0.4, 0.5) is 0 Å². The molecule has 2 aliphatic heterocycles. The fourth-order valence-electron chi connectivity index (χ4n) is 2.36. The zero-order valence-electron chi connectivity index (χ0n) is 7.54. The van der Waals surface area contributed by atoms with E-state index in [4.69, 9.17) is 4.74 Å². The van der Waals surface area contributed by atoms with E-state index < -0.39 is 0 Å². The van der Waals surface area contributed by atoms with E-state index in [1.165, 1.54) is 0 Å². The summed E-state index contributed by atoms with van der Waals surface area (Å²) in [6.45, 7) is 4.15. The Balaban J connectivity index is 2.35. The SMILES string of the molecule is C[C@H]1C[C@]2(C)CC(=O)[C@H]1C=CO2. The normalized spacial score (nSPS) is 45.7. The topological polar surface area (TPSA) is 26.3 Å². The minimum absolute atomic E-state index is 0.112. The number of ether oxygens (including phenoxy) is 1. The fraction of sp³-hybridized carbons (Fsp3) is 0.700. The molecule has 3 rings (SSSR count). The Morgan fingerprint density at radius 1 is 1.67 bits per heavy atom. The van der Waals surface area contributed by atoms with Gasteiger partial charge in [-0.25, -0.2) is 0 Å². The highest BCUT2D eigenvalue weighted by atomic mass is 16.5. The molecule has 0 saturated heterocycles. The third-order valence-corrected chi connectivity index (χ3v) is 2.93. The molecule has 0 amide bonds. The second-order valence-corrected chi connectivity index (χ2v) is 4.25. The molecule has 2 bridgehead atoms. The Morgan fingerprint density at radius 3 is 3.08 bits per heavy atom. The highest BCUT2D eigenvalue weighted by Gasteiger charge is 2.42. The second-order valence-electron chi connectivity index (χ2n) is 4.25. The van der Waals surface area contributed by atoms with Crippen LogP contribution in [-0.2, 0) is 9.53 Å². The van der Waals surface area contributed by atoms with Crippen LogP contribution in [0.15, 0.2) is 12.3 Å². The first-order chi connectivity index (χ1) is 5.61. The molecule has 0 N–H and O–H groups in total. The Labute approximate surface area is 72.6 Å². The largest absolute Gasteiger partial charge is 0.495 e. The first-order valence-corrected chi connectivity index (χ1v) is 4.48. The molecule has 2 heterocycles. The Hall–Kier alpha value is -0.790. The van der Waals surface area contributed by atoms with Crippen LogP contribution >= 0.6 is 0 Å². The summed E-state index contributed by atoms with van der Waals surface area (Å²) < 4.78 is 5.52. The van der Waals surface area contributed by atoms with E-state index in [9.17, 15) is 4.79 Å². The summed E-state index contributed by atoms with van der Waals surface area (Å²) in [5.74, 6) is 0.889. The molecule has 0 aromatic heterocycles. The van der Waals surface area contributed by atoms with Crippen molar-refractivity contribution >= 4 is 5.78 Å². The zero-order valence-corrected chi connectivity index (χ0v) is 7.54. The molecule has 1 fully saturated rings. The van der Waals surface area contributed by atoms with Crippen LogP contribution in [0.3, 0.4) is 0 Å². The number of Topliss-reactive ketones (excluding diaryl/α,β-unsaturated/α-hetero) is 1. The van der Waals surface area contributed by atoms with Crippen LogP contribution < -0.4 is 0 Å². The molecular formula is C10H14O2. The summed E-state index contributed by atoms with van der Waals surface area (Å²) in [6.07, 6.45) is 5.19. The number of hydrogen-bond donors (Lipinski definition) is 0. The van der Waals surface area contributed by atoms with Gasteiger partial charge in [-0.1, -0.05) is 6.92 Å². The van der Waals surface area contributed by atoms with Crippen molar-refractivity contribution in [2.75, 3.05) is 0 Å². The third kappa shape index (κ3) is 1.06. The molecule has 0 aromatic carbocycles. The summed E-state index contributed by atoms with van der Waals surface area (Å²) in [7, 11) is 0. The lowest BCUT2D eigenvalue weighted by atomic mass is 9.73. The molecule has 12 heavy (non-hydrogen) atoms. The Bertz CT molecular complexity index is 244. The first kappa shape index (κ1) is 7.84. The van der Waals surface area contributed by atoms with Crippen molar-refractivity contribution in [1.29, 1.82) is 0 Å². The van der Waals surface area contributed by atoms with Crippen molar-refractivity contribution in [3.8, 4) is 0 Å². The van der Waals surface area contributed by atoms with Crippen LogP contribution in [0.5, 0.6) is 0 Å². The summed E-state index contributed by atoms with van der Waals surface area (Å²) in [5, 5.41) is 0. The van der Waals surface area contributed by atoms with Gasteiger partial charge < -0.3 is 4.74 Å². The van der Waals surface area contributed by atoms with Gasteiger partial charge in [-0.2, -0.15) is 0 Å². The fourth-order valence-corrected chi connectivity index (χ4v) is 2.36. The van der Waals surface area contributed by atoms with Crippen LogP contribution in [0.25, 0.3) is 0 Å². The van der Waals surface area contributed by atoms with Crippen LogP contribution in [0.1, 0.15) is 26.7 Å². The molecule has 2 nitrogen and oxygen atoms in total. The lowest BCUT2D eigenvalue weighted by Gasteiger charge is -2.35. The summed E-state index contributed by atoms with van der Waals surface area (Å²) in [6, 6.07) is 0. The van der Waals surface area contributed by atoms with Crippen molar-refractivity contribution < 1.29 is 9.53 Å². The van der Waals surface area contributed by atoms with Crippen molar-refractivity contribution in [2.45, 2.75) is 32.3 Å². The number of ketones is 1. The van der Waals surface area contributed by atoms with Gasteiger partial charge in [-0.15, -0.1) is 0 Å². The van der Waals surface area contributed by atoms with E-state index in [0.29, 0.717) is 18.1 Å². The van der Waals surface area contributed by atoms with Gasteiger partial charge in [0.25, 0.3) is 0 Å². The van der Waals surface area contributed by atoms with Gasteiger partial charge in [0.05, 0.1) is 6.26 Å². The van der Waals surface area contributed by atoms with Crippen LogP contribution in [0.2, 0.25) is 0 Å². The van der Waals surface area contributed by atoms with Gasteiger partial charge >= 0.3 is 0 Å². The highest BCUT2D eigenvalue weighted by molar-refractivity contribution is 5.85. The van der Waals surface area contributed by atoms with Crippen molar-refractivity contribution in [3.05, 3.63) is 12.3 Å². The smallest absolute Gasteiger partial charge is 0.144 e. The average Bonchev–Trinajstić information content (AvgIpc) is 2.14. The molecule has 1 aliphatic carbocycles. The van der Waals surface area contributed by atoms with Crippen molar-refractivity contribution in [1.82, 2.24) is 0 Å².